The highest BCUT2D eigenvalue weighted by Gasteiger charge is 2.07. The van der Waals surface area contributed by atoms with Crippen molar-refractivity contribution in [1.29, 1.82) is 0 Å². The van der Waals surface area contributed by atoms with Crippen molar-refractivity contribution in [1.82, 2.24) is 0 Å². The van der Waals surface area contributed by atoms with Crippen molar-refractivity contribution in [2.75, 3.05) is 11.9 Å². The number of aryl methyl sites for hydroxylation is 3. The number of halogens is 1. The van der Waals surface area contributed by atoms with Crippen molar-refractivity contribution in [3.8, 4) is 5.75 Å². The number of rotatable bonds is 7. The quantitative estimate of drug-likeness (QED) is 0.641. The lowest BCUT2D eigenvalue weighted by molar-refractivity contribution is -0.116. The first kappa shape index (κ1) is 18.5. The molecule has 2 aromatic rings. The second-order valence-corrected chi connectivity index (χ2v) is 6.79. The normalized spacial score (nSPS) is 10.5. The molecule has 0 saturated heterocycles. The number of hydrogen-bond donors (Lipinski definition) is 1. The molecule has 0 atom stereocenters. The molecule has 3 nitrogen and oxygen atoms in total. The summed E-state index contributed by atoms with van der Waals surface area (Å²) in [6.07, 6.45) is 2.10. The minimum atomic E-state index is 0.00387. The van der Waals surface area contributed by atoms with E-state index < -0.39 is 0 Å². The van der Waals surface area contributed by atoms with Crippen LogP contribution in [0.1, 0.15) is 36.5 Å². The number of benzene rings is 2. The van der Waals surface area contributed by atoms with Gasteiger partial charge >= 0.3 is 0 Å². The largest absolute Gasteiger partial charge is 0.493 e. The average Bonchev–Trinajstić information content (AvgIpc) is 2.55. The Morgan fingerprint density at radius 2 is 1.96 bits per heavy atom. The van der Waals surface area contributed by atoms with Crippen LogP contribution in [-0.2, 0) is 11.2 Å². The minimum Gasteiger partial charge on any atom is -0.493 e. The maximum Gasteiger partial charge on any atom is 0.224 e. The van der Waals surface area contributed by atoms with Gasteiger partial charge in [0.05, 0.1) is 12.3 Å². The highest BCUT2D eigenvalue weighted by molar-refractivity contribution is 9.10. The summed E-state index contributed by atoms with van der Waals surface area (Å²) in [6, 6.07) is 12.1. The van der Waals surface area contributed by atoms with E-state index >= 15 is 0 Å². The van der Waals surface area contributed by atoms with Gasteiger partial charge in [0.25, 0.3) is 0 Å². The standard InChI is InChI=1S/C20H24BrNO2/c1-4-16-8-9-18(17(21)13-16)22-20(23)6-5-11-24-19-10-7-14(2)12-15(19)3/h7-10,12-13H,4-6,11H2,1-3H3,(H,22,23). The molecule has 2 aromatic carbocycles. The number of carbonyl (C=O) groups excluding carboxylic acids is 1. The lowest BCUT2D eigenvalue weighted by Crippen LogP contribution is -2.13. The molecule has 0 bridgehead atoms. The Morgan fingerprint density at radius 1 is 1.17 bits per heavy atom. The van der Waals surface area contributed by atoms with Gasteiger partial charge in [0.2, 0.25) is 5.91 Å². The predicted molar refractivity (Wildman–Crippen MR) is 103 cm³/mol. The topological polar surface area (TPSA) is 38.3 Å². The first-order valence-electron chi connectivity index (χ1n) is 8.28. The van der Waals surface area contributed by atoms with Crippen molar-refractivity contribution < 1.29 is 9.53 Å². The average molecular weight is 390 g/mol. The third-order valence-corrected chi connectivity index (χ3v) is 4.51. The molecular weight excluding hydrogens is 366 g/mol. The summed E-state index contributed by atoms with van der Waals surface area (Å²) in [6.45, 7) is 6.74. The third-order valence-electron chi connectivity index (χ3n) is 3.85. The molecule has 0 aliphatic heterocycles. The first-order chi connectivity index (χ1) is 11.5. The van der Waals surface area contributed by atoms with Gasteiger partial charge in [-0.3, -0.25) is 4.79 Å². The predicted octanol–water partition coefficient (Wildman–Crippen LogP) is 5.43. The molecule has 1 amide bonds. The van der Waals surface area contributed by atoms with Gasteiger partial charge in [0, 0.05) is 10.9 Å². The van der Waals surface area contributed by atoms with Crippen molar-refractivity contribution in [2.24, 2.45) is 0 Å². The Bertz CT molecular complexity index is 713. The van der Waals surface area contributed by atoms with E-state index in [2.05, 4.69) is 41.2 Å². The minimum absolute atomic E-state index is 0.00387. The van der Waals surface area contributed by atoms with Crippen molar-refractivity contribution >= 4 is 27.5 Å². The van der Waals surface area contributed by atoms with Crippen molar-refractivity contribution in [2.45, 2.75) is 40.0 Å². The Kier molecular flexibility index (Phi) is 6.85. The number of nitrogens with one attached hydrogen (secondary N) is 1. The van der Waals surface area contributed by atoms with Gasteiger partial charge in [-0.2, -0.15) is 0 Å². The van der Waals surface area contributed by atoms with Crippen LogP contribution in [0.5, 0.6) is 5.75 Å². The van der Waals surface area contributed by atoms with Crippen LogP contribution in [0.2, 0.25) is 0 Å². The third kappa shape index (κ3) is 5.38. The van der Waals surface area contributed by atoms with Crippen LogP contribution in [0.3, 0.4) is 0 Å². The second-order valence-electron chi connectivity index (χ2n) is 5.94. The van der Waals surface area contributed by atoms with Gasteiger partial charge in [-0.25, -0.2) is 0 Å². The van der Waals surface area contributed by atoms with Crippen molar-refractivity contribution in [3.63, 3.8) is 0 Å². The maximum absolute atomic E-state index is 12.1. The zero-order valence-corrected chi connectivity index (χ0v) is 16.1. The molecule has 24 heavy (non-hydrogen) atoms. The van der Waals surface area contributed by atoms with Crippen LogP contribution in [0.4, 0.5) is 5.69 Å². The van der Waals surface area contributed by atoms with E-state index in [0.29, 0.717) is 19.4 Å². The van der Waals surface area contributed by atoms with Crippen LogP contribution < -0.4 is 10.1 Å². The molecule has 0 radical (unpaired) electrons. The van der Waals surface area contributed by atoms with E-state index in [1.54, 1.807) is 0 Å². The summed E-state index contributed by atoms with van der Waals surface area (Å²) < 4.78 is 6.68. The molecule has 128 valence electrons. The van der Waals surface area contributed by atoms with E-state index in [0.717, 1.165) is 27.9 Å². The zero-order valence-electron chi connectivity index (χ0n) is 14.5. The second kappa shape index (κ2) is 8.88. The van der Waals surface area contributed by atoms with E-state index in [1.165, 1.54) is 11.1 Å². The summed E-state index contributed by atoms with van der Waals surface area (Å²) >= 11 is 3.50. The van der Waals surface area contributed by atoms with Gasteiger partial charge in [0.1, 0.15) is 5.75 Å². The molecule has 4 heteroatoms. The first-order valence-corrected chi connectivity index (χ1v) is 9.07. The summed E-state index contributed by atoms with van der Waals surface area (Å²) in [5.41, 5.74) is 4.40. The Hall–Kier alpha value is -1.81. The highest BCUT2D eigenvalue weighted by Crippen LogP contribution is 2.24. The van der Waals surface area contributed by atoms with Gasteiger partial charge in [-0.1, -0.05) is 30.7 Å². The fourth-order valence-corrected chi connectivity index (χ4v) is 2.99. The molecule has 0 aromatic heterocycles. The number of hydrogen-bond acceptors (Lipinski definition) is 2. The summed E-state index contributed by atoms with van der Waals surface area (Å²) in [5.74, 6) is 0.892. The fourth-order valence-electron chi connectivity index (χ4n) is 2.47. The summed E-state index contributed by atoms with van der Waals surface area (Å²) in [4.78, 5) is 12.1. The van der Waals surface area contributed by atoms with E-state index in [4.69, 9.17) is 4.74 Å². The summed E-state index contributed by atoms with van der Waals surface area (Å²) in [7, 11) is 0. The molecule has 0 heterocycles. The summed E-state index contributed by atoms with van der Waals surface area (Å²) in [5, 5.41) is 2.94. The molecule has 0 spiro atoms. The monoisotopic (exact) mass is 389 g/mol. The van der Waals surface area contributed by atoms with Crippen LogP contribution >= 0.6 is 15.9 Å². The number of amides is 1. The van der Waals surface area contributed by atoms with Gasteiger partial charge < -0.3 is 10.1 Å². The van der Waals surface area contributed by atoms with Crippen LogP contribution in [0.15, 0.2) is 40.9 Å². The van der Waals surface area contributed by atoms with Gasteiger partial charge in [-0.15, -0.1) is 0 Å². The van der Waals surface area contributed by atoms with E-state index in [1.807, 2.05) is 37.3 Å². The molecule has 0 fully saturated rings. The maximum atomic E-state index is 12.1. The Morgan fingerprint density at radius 3 is 2.62 bits per heavy atom. The van der Waals surface area contributed by atoms with E-state index in [9.17, 15) is 4.79 Å². The smallest absolute Gasteiger partial charge is 0.224 e. The number of ether oxygens (including phenoxy) is 1. The zero-order chi connectivity index (χ0) is 17.5. The molecule has 0 aliphatic rings. The molecule has 0 saturated carbocycles. The van der Waals surface area contributed by atoms with Crippen LogP contribution in [0.25, 0.3) is 0 Å². The lowest BCUT2D eigenvalue weighted by atomic mass is 10.1. The van der Waals surface area contributed by atoms with Crippen LogP contribution in [0, 0.1) is 13.8 Å². The molecular formula is C20H24BrNO2. The van der Waals surface area contributed by atoms with E-state index in [-0.39, 0.29) is 5.91 Å². The van der Waals surface area contributed by atoms with Crippen molar-refractivity contribution in [3.05, 3.63) is 57.6 Å². The molecule has 1 N–H and O–H groups in total. The highest BCUT2D eigenvalue weighted by atomic mass is 79.9. The Balaban J connectivity index is 1.77. The molecule has 0 aliphatic carbocycles. The molecule has 2 rings (SSSR count). The Labute approximate surface area is 152 Å². The SMILES string of the molecule is CCc1ccc(NC(=O)CCCOc2ccc(C)cc2C)c(Br)c1. The van der Waals surface area contributed by atoms with Crippen LogP contribution in [-0.4, -0.2) is 12.5 Å². The number of anilines is 1. The van der Waals surface area contributed by atoms with Gasteiger partial charge in [0.15, 0.2) is 0 Å². The molecule has 0 unspecified atom stereocenters. The lowest BCUT2D eigenvalue weighted by Gasteiger charge is -2.11. The van der Waals surface area contributed by atoms with Gasteiger partial charge in [-0.05, 0) is 71.9 Å². The fraction of sp³-hybridized carbons (Fsp3) is 0.350. The number of carbonyl (C=O) groups is 1.